The van der Waals surface area contributed by atoms with Gasteiger partial charge in [0.1, 0.15) is 5.82 Å². The van der Waals surface area contributed by atoms with Crippen molar-refractivity contribution in [2.24, 2.45) is 0 Å². The molecular weight excluding hydrogens is 236 g/mol. The number of halogens is 1. The molecule has 2 bridgehead atoms. The van der Waals surface area contributed by atoms with E-state index in [0.717, 1.165) is 18.7 Å². The van der Waals surface area contributed by atoms with E-state index >= 15 is 0 Å². The van der Waals surface area contributed by atoms with Crippen LogP contribution in [-0.2, 0) is 0 Å². The third-order valence-electron chi connectivity index (χ3n) is 3.86. The summed E-state index contributed by atoms with van der Waals surface area (Å²) in [5, 5.41) is 0.342. The maximum Gasteiger partial charge on any atom is 0.214 e. The minimum atomic E-state index is 0.342. The minimum Gasteiger partial charge on any atom is -0.481 e. The molecule has 3 rings (SSSR count). The van der Waals surface area contributed by atoms with Gasteiger partial charge in [-0.2, -0.15) is 4.98 Å². The van der Waals surface area contributed by atoms with Crippen molar-refractivity contribution in [1.82, 2.24) is 4.98 Å². The molecule has 0 saturated carbocycles. The summed E-state index contributed by atoms with van der Waals surface area (Å²) in [6.45, 7) is 0. The molecule has 2 aliphatic rings. The number of pyridine rings is 1. The van der Waals surface area contributed by atoms with Crippen molar-refractivity contribution in [2.75, 3.05) is 12.0 Å². The molecule has 3 heterocycles. The van der Waals surface area contributed by atoms with E-state index in [1.54, 1.807) is 7.11 Å². The summed E-state index contributed by atoms with van der Waals surface area (Å²) in [5.41, 5.74) is 0. The number of hydrogen-bond acceptors (Lipinski definition) is 3. The monoisotopic (exact) mass is 252 g/mol. The van der Waals surface area contributed by atoms with Crippen molar-refractivity contribution < 1.29 is 4.74 Å². The fourth-order valence-corrected chi connectivity index (χ4v) is 3.56. The van der Waals surface area contributed by atoms with Gasteiger partial charge in [-0.15, -0.1) is 11.6 Å². The molecule has 2 fully saturated rings. The third-order valence-corrected chi connectivity index (χ3v) is 4.21. The fraction of sp³-hybridized carbons (Fsp3) is 0.615. The highest BCUT2D eigenvalue weighted by atomic mass is 35.5. The van der Waals surface area contributed by atoms with Crippen LogP contribution in [-0.4, -0.2) is 29.6 Å². The number of aromatic nitrogens is 1. The van der Waals surface area contributed by atoms with Gasteiger partial charge in [0, 0.05) is 23.5 Å². The zero-order valence-electron chi connectivity index (χ0n) is 9.97. The van der Waals surface area contributed by atoms with E-state index in [-0.39, 0.29) is 0 Å². The number of anilines is 1. The number of ether oxygens (including phenoxy) is 1. The molecule has 4 heteroatoms. The fourth-order valence-electron chi connectivity index (χ4n) is 3.15. The second-order valence-corrected chi connectivity index (χ2v) is 5.52. The second kappa shape index (κ2) is 4.37. The highest BCUT2D eigenvalue weighted by molar-refractivity contribution is 6.20. The van der Waals surface area contributed by atoms with Gasteiger partial charge in [-0.3, -0.25) is 0 Å². The summed E-state index contributed by atoms with van der Waals surface area (Å²) in [7, 11) is 1.66. The predicted octanol–water partition coefficient (Wildman–Crippen LogP) is 2.83. The van der Waals surface area contributed by atoms with E-state index in [2.05, 4.69) is 16.0 Å². The Bertz CT molecular complexity index is 398. The standard InChI is InChI=1S/C13H17ClN2O/c1-17-13-4-2-3-12(15-13)16-10-5-6-11(16)8-9(14)7-10/h2-4,9-11H,5-8H2,1H3. The molecular formula is C13H17ClN2O. The number of hydrogen-bond donors (Lipinski definition) is 0. The van der Waals surface area contributed by atoms with Gasteiger partial charge in [0.15, 0.2) is 0 Å². The molecule has 0 aromatic carbocycles. The Labute approximate surface area is 107 Å². The highest BCUT2D eigenvalue weighted by Crippen LogP contribution is 2.40. The molecule has 0 amide bonds. The van der Waals surface area contributed by atoms with Gasteiger partial charge in [0.2, 0.25) is 5.88 Å². The van der Waals surface area contributed by atoms with Crippen LogP contribution >= 0.6 is 11.6 Å². The summed E-state index contributed by atoms with van der Waals surface area (Å²) in [6, 6.07) is 7.10. The van der Waals surface area contributed by atoms with Crippen LogP contribution in [0.4, 0.5) is 5.82 Å². The van der Waals surface area contributed by atoms with Crippen molar-refractivity contribution in [1.29, 1.82) is 0 Å². The summed E-state index contributed by atoms with van der Waals surface area (Å²) < 4.78 is 5.19. The summed E-state index contributed by atoms with van der Waals surface area (Å²) in [6.07, 6.45) is 4.65. The lowest BCUT2D eigenvalue weighted by Gasteiger charge is -2.37. The first kappa shape index (κ1) is 11.1. The normalized spacial score (nSPS) is 31.6. The molecule has 3 nitrogen and oxygen atoms in total. The van der Waals surface area contributed by atoms with Gasteiger partial charge >= 0.3 is 0 Å². The lowest BCUT2D eigenvalue weighted by atomic mass is 10.0. The number of fused-ring (bicyclic) bond motifs is 2. The van der Waals surface area contributed by atoms with E-state index in [9.17, 15) is 0 Å². The van der Waals surface area contributed by atoms with Crippen LogP contribution in [0.1, 0.15) is 25.7 Å². The Morgan fingerprint density at radius 2 is 2.00 bits per heavy atom. The number of piperidine rings is 1. The molecule has 2 aliphatic heterocycles. The average Bonchev–Trinajstić information content (AvgIpc) is 2.62. The lowest BCUT2D eigenvalue weighted by Crippen LogP contribution is -2.43. The van der Waals surface area contributed by atoms with E-state index in [1.807, 2.05) is 12.1 Å². The summed E-state index contributed by atoms with van der Waals surface area (Å²) >= 11 is 6.29. The third kappa shape index (κ3) is 1.97. The molecule has 0 aliphatic carbocycles. The average molecular weight is 253 g/mol. The number of rotatable bonds is 2. The van der Waals surface area contributed by atoms with Crippen LogP contribution < -0.4 is 9.64 Å². The van der Waals surface area contributed by atoms with Crippen LogP contribution in [0.5, 0.6) is 5.88 Å². The van der Waals surface area contributed by atoms with Crippen LogP contribution in [0.15, 0.2) is 18.2 Å². The van der Waals surface area contributed by atoms with E-state index < -0.39 is 0 Å². The van der Waals surface area contributed by atoms with Gasteiger partial charge in [-0.05, 0) is 31.7 Å². The molecule has 2 unspecified atom stereocenters. The maximum atomic E-state index is 6.29. The van der Waals surface area contributed by atoms with E-state index in [1.165, 1.54) is 12.8 Å². The number of alkyl halides is 1. The van der Waals surface area contributed by atoms with E-state index in [4.69, 9.17) is 16.3 Å². The molecule has 1 aromatic heterocycles. The molecule has 2 atom stereocenters. The first-order valence-corrected chi connectivity index (χ1v) is 6.65. The van der Waals surface area contributed by atoms with Crippen molar-refractivity contribution in [3.63, 3.8) is 0 Å². The Morgan fingerprint density at radius 1 is 1.29 bits per heavy atom. The predicted molar refractivity (Wildman–Crippen MR) is 69.0 cm³/mol. The number of methoxy groups -OCH3 is 1. The summed E-state index contributed by atoms with van der Waals surface area (Å²) in [4.78, 5) is 6.99. The first-order valence-electron chi connectivity index (χ1n) is 6.21. The smallest absolute Gasteiger partial charge is 0.214 e. The SMILES string of the molecule is COc1cccc(N2C3CCC2CC(Cl)C3)n1. The Morgan fingerprint density at radius 3 is 2.65 bits per heavy atom. The molecule has 2 saturated heterocycles. The van der Waals surface area contributed by atoms with Gasteiger partial charge < -0.3 is 9.64 Å². The molecule has 0 spiro atoms. The topological polar surface area (TPSA) is 25.4 Å². The lowest BCUT2D eigenvalue weighted by molar-refractivity contribution is 0.395. The molecule has 1 aromatic rings. The van der Waals surface area contributed by atoms with Gasteiger partial charge in [-0.1, -0.05) is 6.07 Å². The van der Waals surface area contributed by atoms with Crippen molar-refractivity contribution in [2.45, 2.75) is 43.1 Å². The van der Waals surface area contributed by atoms with Crippen molar-refractivity contribution in [3.8, 4) is 5.88 Å². The molecule has 92 valence electrons. The molecule has 17 heavy (non-hydrogen) atoms. The van der Waals surface area contributed by atoms with E-state index in [0.29, 0.717) is 23.3 Å². The Kier molecular flexibility index (Phi) is 2.87. The quantitative estimate of drug-likeness (QED) is 0.757. The zero-order chi connectivity index (χ0) is 11.8. The summed E-state index contributed by atoms with van der Waals surface area (Å²) in [5.74, 6) is 1.73. The number of nitrogens with zero attached hydrogens (tertiary/aromatic N) is 2. The zero-order valence-corrected chi connectivity index (χ0v) is 10.7. The first-order chi connectivity index (χ1) is 8.28. The Balaban J connectivity index is 1.89. The second-order valence-electron chi connectivity index (χ2n) is 4.90. The van der Waals surface area contributed by atoms with Crippen molar-refractivity contribution >= 4 is 17.4 Å². The van der Waals surface area contributed by atoms with Gasteiger partial charge in [0.25, 0.3) is 0 Å². The molecule has 0 radical (unpaired) electrons. The van der Waals surface area contributed by atoms with Crippen LogP contribution in [0.3, 0.4) is 0 Å². The van der Waals surface area contributed by atoms with Gasteiger partial charge in [0.05, 0.1) is 7.11 Å². The molecule has 0 N–H and O–H groups in total. The van der Waals surface area contributed by atoms with Crippen LogP contribution in [0, 0.1) is 0 Å². The van der Waals surface area contributed by atoms with Crippen LogP contribution in [0.25, 0.3) is 0 Å². The highest BCUT2D eigenvalue weighted by Gasteiger charge is 2.40. The minimum absolute atomic E-state index is 0.342. The van der Waals surface area contributed by atoms with Crippen molar-refractivity contribution in [3.05, 3.63) is 18.2 Å². The maximum absolute atomic E-state index is 6.29. The van der Waals surface area contributed by atoms with Gasteiger partial charge in [-0.25, -0.2) is 0 Å². The van der Waals surface area contributed by atoms with Crippen LogP contribution in [0.2, 0.25) is 0 Å². The Hall–Kier alpha value is -0.960. The largest absolute Gasteiger partial charge is 0.481 e.